The molecule has 0 fully saturated rings. The quantitative estimate of drug-likeness (QED) is 0.706. The topological polar surface area (TPSA) is 38.3 Å². The third-order valence-electron chi connectivity index (χ3n) is 2.56. The zero-order chi connectivity index (χ0) is 16.3. The number of hydrogen-bond donors (Lipinski definition) is 1. The molecule has 0 unspecified atom stereocenters. The fraction of sp³-hybridized carbons (Fsp3) is 0.0714. The number of rotatable bonds is 4. The Hall–Kier alpha value is -1.54. The van der Waals surface area contributed by atoms with Gasteiger partial charge in [-0.2, -0.15) is 0 Å². The third kappa shape index (κ3) is 4.01. The van der Waals surface area contributed by atoms with Gasteiger partial charge in [0.1, 0.15) is 5.75 Å². The number of carbonyl (C=O) groups excluding carboxylic acids is 1. The van der Waals surface area contributed by atoms with Gasteiger partial charge in [-0.3, -0.25) is 4.79 Å². The van der Waals surface area contributed by atoms with Crippen molar-refractivity contribution in [1.29, 1.82) is 0 Å². The number of carbonyl (C=O) groups is 1. The number of hydrogen-bond acceptors (Lipinski definition) is 2. The molecule has 0 radical (unpaired) electrons. The molecule has 0 aliphatic rings. The van der Waals surface area contributed by atoms with Gasteiger partial charge >= 0.3 is 0 Å². The van der Waals surface area contributed by atoms with E-state index in [1.165, 1.54) is 0 Å². The molecular formula is C14H8Br2F3NO2. The van der Waals surface area contributed by atoms with Crippen molar-refractivity contribution in [3.05, 3.63) is 56.7 Å². The van der Waals surface area contributed by atoms with Gasteiger partial charge in [-0.05, 0) is 46.3 Å². The molecule has 0 atom stereocenters. The van der Waals surface area contributed by atoms with E-state index in [2.05, 4.69) is 37.2 Å². The van der Waals surface area contributed by atoms with Gasteiger partial charge in [0.05, 0.1) is 10.2 Å². The van der Waals surface area contributed by atoms with Crippen molar-refractivity contribution >= 4 is 43.5 Å². The van der Waals surface area contributed by atoms with Gasteiger partial charge in [-0.1, -0.05) is 15.9 Å². The maximum atomic E-state index is 13.4. The Morgan fingerprint density at radius 2 is 1.82 bits per heavy atom. The van der Waals surface area contributed by atoms with E-state index in [1.54, 1.807) is 18.2 Å². The molecule has 0 aliphatic heterocycles. The zero-order valence-electron chi connectivity index (χ0n) is 10.8. The summed E-state index contributed by atoms with van der Waals surface area (Å²) in [6, 6.07) is 6.72. The van der Waals surface area contributed by atoms with E-state index in [-0.39, 0.29) is 0 Å². The highest BCUT2D eigenvalue weighted by atomic mass is 79.9. The monoisotopic (exact) mass is 437 g/mol. The minimum Gasteiger partial charge on any atom is -0.483 e. The lowest BCUT2D eigenvalue weighted by Crippen LogP contribution is -2.21. The lowest BCUT2D eigenvalue weighted by atomic mass is 10.3. The first kappa shape index (κ1) is 16.8. The first-order chi connectivity index (χ1) is 10.4. The van der Waals surface area contributed by atoms with E-state index in [0.29, 0.717) is 10.2 Å². The Morgan fingerprint density at radius 3 is 2.50 bits per heavy atom. The Morgan fingerprint density at radius 1 is 1.09 bits per heavy atom. The van der Waals surface area contributed by atoms with Gasteiger partial charge in [-0.15, -0.1) is 0 Å². The van der Waals surface area contributed by atoms with E-state index in [0.717, 1.165) is 16.6 Å². The smallest absolute Gasteiger partial charge is 0.262 e. The molecule has 0 saturated heterocycles. The molecule has 0 spiro atoms. The van der Waals surface area contributed by atoms with Crippen LogP contribution in [-0.2, 0) is 4.79 Å². The van der Waals surface area contributed by atoms with Crippen molar-refractivity contribution < 1.29 is 22.7 Å². The second-order valence-corrected chi connectivity index (χ2v) is 5.90. The van der Waals surface area contributed by atoms with Crippen LogP contribution < -0.4 is 10.1 Å². The van der Waals surface area contributed by atoms with E-state index in [4.69, 9.17) is 4.74 Å². The lowest BCUT2D eigenvalue weighted by molar-refractivity contribution is -0.118. The summed E-state index contributed by atoms with van der Waals surface area (Å²) in [5.74, 6) is -4.73. The minimum atomic E-state index is -1.64. The fourth-order valence-electron chi connectivity index (χ4n) is 1.54. The largest absolute Gasteiger partial charge is 0.483 e. The summed E-state index contributed by atoms with van der Waals surface area (Å²) in [4.78, 5) is 11.7. The minimum absolute atomic E-state index is 0.407. The predicted molar refractivity (Wildman–Crippen MR) is 82.3 cm³/mol. The molecule has 22 heavy (non-hydrogen) atoms. The molecule has 2 aromatic carbocycles. The van der Waals surface area contributed by atoms with Crippen molar-refractivity contribution in [1.82, 2.24) is 0 Å². The summed E-state index contributed by atoms with van der Waals surface area (Å²) in [6.45, 7) is -0.418. The molecule has 0 bridgehead atoms. The molecule has 0 aliphatic carbocycles. The summed E-state index contributed by atoms with van der Waals surface area (Å²) < 4.78 is 45.9. The van der Waals surface area contributed by atoms with Crippen molar-refractivity contribution in [2.75, 3.05) is 11.9 Å². The highest BCUT2D eigenvalue weighted by Crippen LogP contribution is 2.28. The molecule has 8 heteroatoms. The van der Waals surface area contributed by atoms with Crippen LogP contribution in [0.4, 0.5) is 18.9 Å². The number of anilines is 1. The molecular weight excluding hydrogens is 431 g/mol. The van der Waals surface area contributed by atoms with Crippen molar-refractivity contribution in [2.24, 2.45) is 0 Å². The third-order valence-corrected chi connectivity index (χ3v) is 3.67. The molecule has 1 amide bonds. The maximum Gasteiger partial charge on any atom is 0.262 e. The Balaban J connectivity index is 2.00. The van der Waals surface area contributed by atoms with Crippen LogP contribution in [0.3, 0.4) is 0 Å². The van der Waals surface area contributed by atoms with Crippen LogP contribution in [-0.4, -0.2) is 12.5 Å². The van der Waals surface area contributed by atoms with Crippen LogP contribution in [0.25, 0.3) is 0 Å². The number of ether oxygens (including phenoxy) is 1. The van der Waals surface area contributed by atoms with Gasteiger partial charge in [0.25, 0.3) is 5.91 Å². The average Bonchev–Trinajstić information content (AvgIpc) is 2.47. The average molecular weight is 439 g/mol. The van der Waals surface area contributed by atoms with Crippen molar-refractivity contribution in [2.45, 2.75) is 0 Å². The highest BCUT2D eigenvalue weighted by molar-refractivity contribution is 9.11. The van der Waals surface area contributed by atoms with Crippen LogP contribution in [0, 0.1) is 17.5 Å². The summed E-state index contributed by atoms with van der Waals surface area (Å²) in [5.41, 5.74) is -0.456. The first-order valence-corrected chi connectivity index (χ1v) is 7.48. The van der Waals surface area contributed by atoms with Crippen LogP contribution in [0.2, 0.25) is 0 Å². The van der Waals surface area contributed by atoms with E-state index >= 15 is 0 Å². The van der Waals surface area contributed by atoms with Crippen LogP contribution in [0.1, 0.15) is 0 Å². The van der Waals surface area contributed by atoms with Gasteiger partial charge in [-0.25, -0.2) is 13.2 Å². The second-order valence-electron chi connectivity index (χ2n) is 4.13. The van der Waals surface area contributed by atoms with Gasteiger partial charge < -0.3 is 10.1 Å². The Labute approximate surface area is 140 Å². The Bertz CT molecular complexity index is 725. The summed E-state index contributed by atoms with van der Waals surface area (Å²) in [7, 11) is 0. The molecule has 1 N–H and O–H groups in total. The molecule has 2 aromatic rings. The van der Waals surface area contributed by atoms with Crippen LogP contribution >= 0.6 is 31.9 Å². The number of nitrogens with one attached hydrogen (secondary N) is 1. The maximum absolute atomic E-state index is 13.4. The molecule has 0 aromatic heterocycles. The normalized spacial score (nSPS) is 10.4. The molecule has 116 valence electrons. The van der Waals surface area contributed by atoms with Gasteiger partial charge in [0.2, 0.25) is 0 Å². The standard InChI is InChI=1S/C14H8Br2F3NO2/c15-7-1-4-11(8(16)5-7)22-6-12(21)20-10-3-2-9(17)13(18)14(10)19/h1-5H,6H2,(H,20,21). The second kappa shape index (κ2) is 7.15. The summed E-state index contributed by atoms with van der Waals surface area (Å²) in [6.07, 6.45) is 0. The predicted octanol–water partition coefficient (Wildman–Crippen LogP) is 4.65. The van der Waals surface area contributed by atoms with E-state index in [1.807, 2.05) is 0 Å². The highest BCUT2D eigenvalue weighted by Gasteiger charge is 2.15. The number of halogens is 5. The SMILES string of the molecule is O=C(COc1ccc(Br)cc1Br)Nc1ccc(F)c(F)c1F. The van der Waals surface area contributed by atoms with Gasteiger partial charge in [0, 0.05) is 4.47 Å². The Kier molecular flexibility index (Phi) is 5.47. The molecule has 2 rings (SSSR count). The summed E-state index contributed by atoms with van der Waals surface area (Å²) >= 11 is 6.52. The van der Waals surface area contributed by atoms with Gasteiger partial charge in [0.15, 0.2) is 24.1 Å². The molecule has 0 heterocycles. The number of benzene rings is 2. The lowest BCUT2D eigenvalue weighted by Gasteiger charge is -2.10. The van der Waals surface area contributed by atoms with Crippen molar-refractivity contribution in [3.63, 3.8) is 0 Å². The van der Waals surface area contributed by atoms with Crippen molar-refractivity contribution in [3.8, 4) is 5.75 Å². The fourth-order valence-corrected chi connectivity index (χ4v) is 2.71. The van der Waals surface area contributed by atoms with Crippen LogP contribution in [0.5, 0.6) is 5.75 Å². The van der Waals surface area contributed by atoms with Crippen LogP contribution in [0.15, 0.2) is 39.3 Å². The van der Waals surface area contributed by atoms with E-state index in [9.17, 15) is 18.0 Å². The van der Waals surface area contributed by atoms with E-state index < -0.39 is 35.7 Å². The summed E-state index contributed by atoms with van der Waals surface area (Å²) in [5, 5.41) is 2.11. The first-order valence-electron chi connectivity index (χ1n) is 5.89. The molecule has 3 nitrogen and oxygen atoms in total. The zero-order valence-corrected chi connectivity index (χ0v) is 14.0. The number of amides is 1. The molecule has 0 saturated carbocycles.